The first-order chi connectivity index (χ1) is 9.90. The van der Waals surface area contributed by atoms with Crippen LogP contribution in [-0.2, 0) is 6.42 Å². The Balaban J connectivity index is 1.60. The van der Waals surface area contributed by atoms with Gasteiger partial charge in [-0.3, -0.25) is 0 Å². The molecule has 4 rings (SSSR count). The Morgan fingerprint density at radius 1 is 1.25 bits per heavy atom. The standard InChI is InChI=1S/C14H13N5O/c1-2-4-11-9(3-1)7-10(8-17-11)14-18-13(19-20-14)12-15-5-6-16-12/h1-6,10,17H,7-8H2,(H,15,16). The monoisotopic (exact) mass is 267 g/mol. The molecular weight excluding hydrogens is 254 g/mol. The SMILES string of the molecule is c1ccc2c(c1)CC(c1nc(-c3ncc[nH]3)no1)CN2. The van der Waals surface area contributed by atoms with E-state index in [1.807, 2.05) is 12.1 Å². The highest BCUT2D eigenvalue weighted by Gasteiger charge is 2.25. The van der Waals surface area contributed by atoms with Gasteiger partial charge in [-0.05, 0) is 18.1 Å². The summed E-state index contributed by atoms with van der Waals surface area (Å²) < 4.78 is 5.38. The number of hydrogen-bond donors (Lipinski definition) is 2. The molecule has 0 radical (unpaired) electrons. The Morgan fingerprint density at radius 3 is 3.10 bits per heavy atom. The average molecular weight is 267 g/mol. The number of aromatic nitrogens is 4. The minimum Gasteiger partial charge on any atom is -0.384 e. The van der Waals surface area contributed by atoms with Gasteiger partial charge in [-0.15, -0.1) is 0 Å². The van der Waals surface area contributed by atoms with Crippen molar-refractivity contribution in [1.82, 2.24) is 20.1 Å². The van der Waals surface area contributed by atoms with Crippen molar-refractivity contribution in [3.63, 3.8) is 0 Å². The van der Waals surface area contributed by atoms with Crippen LogP contribution in [0.3, 0.4) is 0 Å². The van der Waals surface area contributed by atoms with Gasteiger partial charge in [-0.1, -0.05) is 23.4 Å². The average Bonchev–Trinajstić information content (AvgIpc) is 3.17. The molecule has 2 aromatic heterocycles. The number of imidazole rings is 1. The highest BCUT2D eigenvalue weighted by atomic mass is 16.5. The Hall–Kier alpha value is -2.63. The second-order valence-corrected chi connectivity index (χ2v) is 4.83. The normalized spacial score (nSPS) is 17.5. The van der Waals surface area contributed by atoms with Gasteiger partial charge in [0.25, 0.3) is 0 Å². The van der Waals surface area contributed by atoms with Crippen molar-refractivity contribution in [3.05, 3.63) is 48.1 Å². The highest BCUT2D eigenvalue weighted by molar-refractivity contribution is 5.54. The maximum atomic E-state index is 5.38. The van der Waals surface area contributed by atoms with Crippen LogP contribution in [0.15, 0.2) is 41.2 Å². The van der Waals surface area contributed by atoms with Crippen LogP contribution in [0.5, 0.6) is 0 Å². The number of benzene rings is 1. The molecule has 6 heteroatoms. The maximum Gasteiger partial charge on any atom is 0.238 e. The van der Waals surface area contributed by atoms with Crippen LogP contribution in [0.4, 0.5) is 5.69 Å². The largest absolute Gasteiger partial charge is 0.384 e. The summed E-state index contributed by atoms with van der Waals surface area (Å²) in [5, 5.41) is 7.39. The fourth-order valence-corrected chi connectivity index (χ4v) is 2.50. The van der Waals surface area contributed by atoms with Gasteiger partial charge in [0.15, 0.2) is 5.82 Å². The molecule has 3 heterocycles. The molecule has 1 aliphatic rings. The number of hydrogen-bond acceptors (Lipinski definition) is 5. The topological polar surface area (TPSA) is 79.6 Å². The molecule has 1 aliphatic heterocycles. The molecule has 1 unspecified atom stereocenters. The van der Waals surface area contributed by atoms with E-state index in [9.17, 15) is 0 Å². The molecule has 0 amide bonds. The van der Waals surface area contributed by atoms with Gasteiger partial charge in [-0.2, -0.15) is 4.98 Å². The molecule has 0 spiro atoms. The lowest BCUT2D eigenvalue weighted by atomic mass is 9.94. The van der Waals surface area contributed by atoms with E-state index in [-0.39, 0.29) is 5.92 Å². The molecule has 6 nitrogen and oxygen atoms in total. The van der Waals surface area contributed by atoms with Crippen molar-refractivity contribution in [1.29, 1.82) is 0 Å². The van der Waals surface area contributed by atoms with E-state index in [1.54, 1.807) is 12.4 Å². The summed E-state index contributed by atoms with van der Waals surface area (Å²) in [5.74, 6) is 1.98. The second-order valence-electron chi connectivity index (χ2n) is 4.83. The molecular formula is C14H13N5O. The van der Waals surface area contributed by atoms with Crippen LogP contribution in [0.25, 0.3) is 11.6 Å². The summed E-state index contributed by atoms with van der Waals surface area (Å²) in [6.45, 7) is 0.802. The zero-order valence-electron chi connectivity index (χ0n) is 10.7. The van der Waals surface area contributed by atoms with Crippen LogP contribution in [0.2, 0.25) is 0 Å². The van der Waals surface area contributed by atoms with Crippen molar-refractivity contribution in [2.45, 2.75) is 12.3 Å². The van der Waals surface area contributed by atoms with Gasteiger partial charge in [0.2, 0.25) is 11.7 Å². The number of rotatable bonds is 2. The molecule has 100 valence electrons. The number of aromatic amines is 1. The zero-order valence-corrected chi connectivity index (χ0v) is 10.7. The summed E-state index contributed by atoms with van der Waals surface area (Å²) in [5.41, 5.74) is 2.47. The minimum absolute atomic E-state index is 0.195. The molecule has 1 atom stereocenters. The van der Waals surface area contributed by atoms with Crippen LogP contribution < -0.4 is 5.32 Å². The molecule has 0 bridgehead atoms. The third kappa shape index (κ3) is 1.85. The first-order valence-corrected chi connectivity index (χ1v) is 6.55. The maximum absolute atomic E-state index is 5.38. The van der Waals surface area contributed by atoms with E-state index in [2.05, 4.69) is 37.6 Å². The molecule has 2 N–H and O–H groups in total. The summed E-state index contributed by atoms with van der Waals surface area (Å²) in [6.07, 6.45) is 4.32. The van der Waals surface area contributed by atoms with Gasteiger partial charge in [0.05, 0.1) is 5.92 Å². The number of nitrogens with zero attached hydrogens (tertiary/aromatic N) is 3. The number of nitrogens with one attached hydrogen (secondary N) is 2. The Kier molecular flexibility index (Phi) is 2.51. The summed E-state index contributed by atoms with van der Waals surface area (Å²) in [4.78, 5) is 11.5. The zero-order chi connectivity index (χ0) is 13.4. The first-order valence-electron chi connectivity index (χ1n) is 6.55. The third-order valence-electron chi connectivity index (χ3n) is 3.52. The number of para-hydroxylation sites is 1. The van der Waals surface area contributed by atoms with E-state index in [0.29, 0.717) is 17.5 Å². The Labute approximate surface area is 115 Å². The van der Waals surface area contributed by atoms with Gasteiger partial charge in [0.1, 0.15) is 0 Å². The van der Waals surface area contributed by atoms with E-state index >= 15 is 0 Å². The molecule has 0 aliphatic carbocycles. The summed E-state index contributed by atoms with van der Waals surface area (Å²) >= 11 is 0. The molecule has 20 heavy (non-hydrogen) atoms. The van der Waals surface area contributed by atoms with Crippen molar-refractivity contribution < 1.29 is 4.52 Å². The molecule has 0 saturated heterocycles. The lowest BCUT2D eigenvalue weighted by Crippen LogP contribution is -2.21. The van der Waals surface area contributed by atoms with Gasteiger partial charge in [0, 0.05) is 24.6 Å². The fraction of sp³-hybridized carbons (Fsp3) is 0.214. The van der Waals surface area contributed by atoms with E-state index in [1.165, 1.54) is 11.3 Å². The van der Waals surface area contributed by atoms with Crippen molar-refractivity contribution in [3.8, 4) is 11.6 Å². The first kappa shape index (κ1) is 11.2. The fourth-order valence-electron chi connectivity index (χ4n) is 2.50. The van der Waals surface area contributed by atoms with Gasteiger partial charge in [-0.25, -0.2) is 4.98 Å². The summed E-state index contributed by atoms with van der Waals surface area (Å²) in [6, 6.07) is 8.30. The predicted octanol–water partition coefficient (Wildman–Crippen LogP) is 2.21. The lowest BCUT2D eigenvalue weighted by molar-refractivity contribution is 0.354. The minimum atomic E-state index is 0.195. The van der Waals surface area contributed by atoms with Crippen molar-refractivity contribution >= 4 is 5.69 Å². The van der Waals surface area contributed by atoms with Gasteiger partial charge < -0.3 is 14.8 Å². The predicted molar refractivity (Wildman–Crippen MR) is 73.3 cm³/mol. The van der Waals surface area contributed by atoms with E-state index in [0.717, 1.165) is 13.0 Å². The molecule has 1 aromatic carbocycles. The van der Waals surface area contributed by atoms with E-state index in [4.69, 9.17) is 4.52 Å². The number of fused-ring (bicyclic) bond motifs is 1. The number of H-pyrrole nitrogens is 1. The van der Waals surface area contributed by atoms with Crippen LogP contribution in [0.1, 0.15) is 17.4 Å². The van der Waals surface area contributed by atoms with Crippen LogP contribution in [0, 0.1) is 0 Å². The smallest absolute Gasteiger partial charge is 0.238 e. The Bertz CT molecular complexity index is 719. The van der Waals surface area contributed by atoms with E-state index < -0.39 is 0 Å². The second kappa shape index (κ2) is 4.48. The van der Waals surface area contributed by atoms with Crippen molar-refractivity contribution in [2.75, 3.05) is 11.9 Å². The lowest BCUT2D eigenvalue weighted by Gasteiger charge is -2.23. The highest BCUT2D eigenvalue weighted by Crippen LogP contribution is 2.30. The molecule has 0 fully saturated rings. The summed E-state index contributed by atoms with van der Waals surface area (Å²) in [7, 11) is 0. The van der Waals surface area contributed by atoms with Crippen LogP contribution in [-0.4, -0.2) is 26.7 Å². The third-order valence-corrected chi connectivity index (χ3v) is 3.52. The quantitative estimate of drug-likeness (QED) is 0.744. The molecule has 3 aromatic rings. The van der Waals surface area contributed by atoms with Crippen molar-refractivity contribution in [2.24, 2.45) is 0 Å². The Morgan fingerprint density at radius 2 is 2.20 bits per heavy atom. The molecule has 0 saturated carbocycles. The number of anilines is 1. The van der Waals surface area contributed by atoms with Gasteiger partial charge >= 0.3 is 0 Å². The van der Waals surface area contributed by atoms with Crippen LogP contribution >= 0.6 is 0 Å².